The molecule has 0 aliphatic carbocycles. The Morgan fingerprint density at radius 3 is 2.83 bits per heavy atom. The highest BCUT2D eigenvalue weighted by molar-refractivity contribution is 5.96. The van der Waals surface area contributed by atoms with Gasteiger partial charge < -0.3 is 15.6 Å². The van der Waals surface area contributed by atoms with Crippen LogP contribution in [0, 0.1) is 13.8 Å². The Hall–Kier alpha value is -2.30. The normalized spacial score (nSPS) is 10.3. The first-order valence-electron chi connectivity index (χ1n) is 5.62. The third kappa shape index (κ3) is 2.51. The van der Waals surface area contributed by atoms with Gasteiger partial charge in [0, 0.05) is 17.3 Å². The molecule has 0 spiro atoms. The van der Waals surface area contributed by atoms with Crippen molar-refractivity contribution >= 4 is 11.6 Å². The molecule has 5 heteroatoms. The van der Waals surface area contributed by atoms with Gasteiger partial charge in [0.1, 0.15) is 12.0 Å². The second kappa shape index (κ2) is 4.91. The van der Waals surface area contributed by atoms with E-state index in [1.165, 1.54) is 6.26 Å². The summed E-state index contributed by atoms with van der Waals surface area (Å²) < 4.78 is 4.69. The summed E-state index contributed by atoms with van der Waals surface area (Å²) in [5.41, 5.74) is 9.57. The average molecular weight is 245 g/mol. The Morgan fingerprint density at radius 1 is 1.39 bits per heavy atom. The van der Waals surface area contributed by atoms with E-state index in [0.717, 1.165) is 11.1 Å². The van der Waals surface area contributed by atoms with Crippen molar-refractivity contribution in [1.82, 2.24) is 10.5 Å². The van der Waals surface area contributed by atoms with E-state index in [1.807, 2.05) is 19.9 Å². The van der Waals surface area contributed by atoms with E-state index in [0.29, 0.717) is 23.5 Å². The number of carbonyl (C=O) groups is 1. The molecule has 0 radical (unpaired) electrons. The molecule has 18 heavy (non-hydrogen) atoms. The Bertz CT molecular complexity index is 562. The summed E-state index contributed by atoms with van der Waals surface area (Å²) in [6.07, 6.45) is 1.47. The second-order valence-corrected chi connectivity index (χ2v) is 4.20. The van der Waals surface area contributed by atoms with Gasteiger partial charge in [-0.15, -0.1) is 0 Å². The molecule has 2 aromatic rings. The van der Waals surface area contributed by atoms with Crippen molar-refractivity contribution in [2.24, 2.45) is 0 Å². The zero-order chi connectivity index (χ0) is 13.1. The summed E-state index contributed by atoms with van der Waals surface area (Å²) >= 11 is 0. The van der Waals surface area contributed by atoms with Crippen LogP contribution >= 0.6 is 0 Å². The molecule has 0 atom stereocenters. The van der Waals surface area contributed by atoms with E-state index in [4.69, 9.17) is 5.73 Å². The van der Waals surface area contributed by atoms with Gasteiger partial charge in [0.2, 0.25) is 0 Å². The minimum Gasteiger partial charge on any atom is -0.398 e. The van der Waals surface area contributed by atoms with Gasteiger partial charge in [-0.2, -0.15) is 0 Å². The van der Waals surface area contributed by atoms with Gasteiger partial charge in [0.15, 0.2) is 0 Å². The molecule has 1 aromatic carbocycles. The first-order chi connectivity index (χ1) is 8.58. The number of amides is 1. The summed E-state index contributed by atoms with van der Waals surface area (Å²) in [7, 11) is 0. The van der Waals surface area contributed by atoms with E-state index in [-0.39, 0.29) is 5.91 Å². The van der Waals surface area contributed by atoms with Crippen LogP contribution in [-0.2, 0) is 6.54 Å². The van der Waals surface area contributed by atoms with Crippen LogP contribution in [0.2, 0.25) is 0 Å². The van der Waals surface area contributed by atoms with Crippen molar-refractivity contribution in [3.05, 3.63) is 46.8 Å². The molecule has 1 aromatic heterocycles. The molecule has 0 bridgehead atoms. The first-order valence-corrected chi connectivity index (χ1v) is 5.62. The third-order valence-corrected chi connectivity index (χ3v) is 2.78. The highest BCUT2D eigenvalue weighted by Gasteiger charge is 2.11. The molecule has 0 fully saturated rings. The van der Waals surface area contributed by atoms with Gasteiger partial charge in [-0.3, -0.25) is 4.79 Å². The molecule has 3 N–H and O–H groups in total. The number of nitrogens with two attached hydrogens (primary N) is 1. The second-order valence-electron chi connectivity index (χ2n) is 4.20. The Balaban J connectivity index is 2.11. The highest BCUT2D eigenvalue weighted by atomic mass is 16.5. The van der Waals surface area contributed by atoms with Gasteiger partial charge in [0.25, 0.3) is 5.91 Å². The molecule has 94 valence electrons. The van der Waals surface area contributed by atoms with E-state index in [9.17, 15) is 4.79 Å². The lowest BCUT2D eigenvalue weighted by Gasteiger charge is -2.09. The predicted octanol–water partition coefficient (Wildman–Crippen LogP) is 1.80. The minimum absolute atomic E-state index is 0.165. The van der Waals surface area contributed by atoms with Gasteiger partial charge >= 0.3 is 0 Å². The quantitative estimate of drug-likeness (QED) is 0.808. The fourth-order valence-corrected chi connectivity index (χ4v) is 1.71. The van der Waals surface area contributed by atoms with E-state index >= 15 is 0 Å². The summed E-state index contributed by atoms with van der Waals surface area (Å²) in [4.78, 5) is 12.0. The van der Waals surface area contributed by atoms with Crippen LogP contribution < -0.4 is 11.1 Å². The number of aromatic nitrogens is 1. The maximum atomic E-state index is 12.0. The molecule has 0 aliphatic rings. The maximum absolute atomic E-state index is 12.0. The molecule has 0 saturated heterocycles. The number of hydrogen-bond acceptors (Lipinski definition) is 4. The van der Waals surface area contributed by atoms with Crippen LogP contribution in [0.1, 0.15) is 27.2 Å². The van der Waals surface area contributed by atoms with Crippen molar-refractivity contribution < 1.29 is 9.32 Å². The van der Waals surface area contributed by atoms with Crippen molar-refractivity contribution in [2.75, 3.05) is 5.73 Å². The first kappa shape index (κ1) is 12.2. The zero-order valence-corrected chi connectivity index (χ0v) is 10.4. The van der Waals surface area contributed by atoms with Crippen LogP contribution in [0.3, 0.4) is 0 Å². The lowest BCUT2D eigenvalue weighted by atomic mass is 10.0. The number of nitrogens with zero attached hydrogens (tertiary/aromatic N) is 1. The fraction of sp³-hybridized carbons (Fsp3) is 0.231. The van der Waals surface area contributed by atoms with Crippen LogP contribution in [0.5, 0.6) is 0 Å². The number of nitrogen functional groups attached to an aromatic ring is 1. The van der Waals surface area contributed by atoms with E-state index in [1.54, 1.807) is 12.1 Å². The fourth-order valence-electron chi connectivity index (χ4n) is 1.71. The van der Waals surface area contributed by atoms with Crippen LogP contribution in [0.25, 0.3) is 0 Å². The molecule has 0 saturated carbocycles. The standard InChI is InChI=1S/C13H15N3O2/c1-8-5-9(2)12(14)6-11(8)13(17)15-7-10-3-4-18-16-10/h3-6H,7,14H2,1-2H3,(H,15,17). The smallest absolute Gasteiger partial charge is 0.251 e. The number of hydrogen-bond donors (Lipinski definition) is 2. The van der Waals surface area contributed by atoms with Gasteiger partial charge in [-0.25, -0.2) is 0 Å². The van der Waals surface area contributed by atoms with Crippen molar-refractivity contribution in [2.45, 2.75) is 20.4 Å². The van der Waals surface area contributed by atoms with Gasteiger partial charge in [0.05, 0.1) is 6.54 Å². The molecular weight excluding hydrogens is 230 g/mol. The molecule has 0 aliphatic heterocycles. The highest BCUT2D eigenvalue weighted by Crippen LogP contribution is 2.17. The molecule has 1 amide bonds. The number of nitrogens with one attached hydrogen (secondary N) is 1. The number of anilines is 1. The number of carbonyl (C=O) groups excluding carboxylic acids is 1. The number of rotatable bonds is 3. The maximum Gasteiger partial charge on any atom is 0.251 e. The summed E-state index contributed by atoms with van der Waals surface area (Å²) in [6.45, 7) is 4.14. The Labute approximate surface area is 105 Å². The lowest BCUT2D eigenvalue weighted by molar-refractivity contribution is 0.0949. The van der Waals surface area contributed by atoms with Crippen molar-refractivity contribution in [3.8, 4) is 0 Å². The van der Waals surface area contributed by atoms with E-state index < -0.39 is 0 Å². The third-order valence-electron chi connectivity index (χ3n) is 2.78. The topological polar surface area (TPSA) is 81.2 Å². The van der Waals surface area contributed by atoms with Gasteiger partial charge in [-0.05, 0) is 31.0 Å². The Kier molecular flexibility index (Phi) is 3.32. The van der Waals surface area contributed by atoms with Crippen LogP contribution in [0.15, 0.2) is 29.0 Å². The minimum atomic E-state index is -0.165. The monoisotopic (exact) mass is 245 g/mol. The zero-order valence-electron chi connectivity index (χ0n) is 10.4. The van der Waals surface area contributed by atoms with E-state index in [2.05, 4.69) is 15.0 Å². The lowest BCUT2D eigenvalue weighted by Crippen LogP contribution is -2.24. The summed E-state index contributed by atoms with van der Waals surface area (Å²) in [6, 6.07) is 5.31. The average Bonchev–Trinajstić information content (AvgIpc) is 2.84. The molecular formula is C13H15N3O2. The molecule has 1 heterocycles. The molecule has 0 unspecified atom stereocenters. The Morgan fingerprint density at radius 2 is 2.17 bits per heavy atom. The molecule has 2 rings (SSSR count). The number of benzene rings is 1. The molecule has 5 nitrogen and oxygen atoms in total. The van der Waals surface area contributed by atoms with Crippen LogP contribution in [-0.4, -0.2) is 11.1 Å². The number of aryl methyl sites for hydroxylation is 2. The largest absolute Gasteiger partial charge is 0.398 e. The van der Waals surface area contributed by atoms with Gasteiger partial charge in [-0.1, -0.05) is 11.2 Å². The summed E-state index contributed by atoms with van der Waals surface area (Å²) in [5, 5.41) is 6.49. The summed E-state index contributed by atoms with van der Waals surface area (Å²) in [5.74, 6) is -0.165. The predicted molar refractivity (Wildman–Crippen MR) is 68.0 cm³/mol. The SMILES string of the molecule is Cc1cc(C)c(C(=O)NCc2ccon2)cc1N. The van der Waals surface area contributed by atoms with Crippen molar-refractivity contribution in [1.29, 1.82) is 0 Å². The van der Waals surface area contributed by atoms with Crippen LogP contribution in [0.4, 0.5) is 5.69 Å². The van der Waals surface area contributed by atoms with Crippen molar-refractivity contribution in [3.63, 3.8) is 0 Å².